The molecule has 1 amide bonds. The first kappa shape index (κ1) is 18.9. The van der Waals surface area contributed by atoms with Crippen LogP contribution in [0.25, 0.3) is 15.9 Å². The van der Waals surface area contributed by atoms with Crippen LogP contribution in [0.5, 0.6) is 0 Å². The molecule has 1 aromatic carbocycles. The Kier molecular flexibility index (Phi) is 6.01. The monoisotopic (exact) mass is 407 g/mol. The predicted molar refractivity (Wildman–Crippen MR) is 109 cm³/mol. The van der Waals surface area contributed by atoms with Gasteiger partial charge in [-0.25, -0.2) is 4.98 Å². The summed E-state index contributed by atoms with van der Waals surface area (Å²) in [6.45, 7) is 5.22. The Morgan fingerprint density at radius 3 is 2.77 bits per heavy atom. The molecule has 0 fully saturated rings. The van der Waals surface area contributed by atoms with E-state index in [2.05, 4.69) is 4.98 Å². The van der Waals surface area contributed by atoms with Gasteiger partial charge in [0.1, 0.15) is 4.70 Å². The predicted octanol–water partition coefficient (Wildman–Crippen LogP) is 4.06. The number of carbonyl (C=O) groups excluding carboxylic acids is 1. The van der Waals surface area contributed by atoms with Crippen LogP contribution in [-0.4, -0.2) is 39.2 Å². The van der Waals surface area contributed by atoms with Crippen LogP contribution in [0.4, 0.5) is 0 Å². The lowest BCUT2D eigenvalue weighted by Gasteiger charge is -2.18. The zero-order valence-corrected chi connectivity index (χ0v) is 16.8. The molecule has 0 spiro atoms. The topological polar surface area (TPSA) is 55.2 Å². The zero-order chi connectivity index (χ0) is 18.7. The standard InChI is InChI=1S/C18H18ClN3O2S2/c1-3-21(4-2)15(23)11-26-18-20-14-8-9-25-16(14)17(24)22(18)13-7-5-6-12(19)10-13/h5-10H,3-4,11H2,1-2H3. The number of hydrogen-bond acceptors (Lipinski definition) is 5. The highest BCUT2D eigenvalue weighted by Gasteiger charge is 2.17. The number of fused-ring (bicyclic) bond motifs is 1. The average molecular weight is 408 g/mol. The van der Waals surface area contributed by atoms with Crippen LogP contribution in [0.3, 0.4) is 0 Å². The summed E-state index contributed by atoms with van der Waals surface area (Å²) in [5, 5.41) is 2.87. The van der Waals surface area contributed by atoms with E-state index in [0.717, 1.165) is 0 Å². The number of hydrogen-bond donors (Lipinski definition) is 0. The second-order valence-electron chi connectivity index (χ2n) is 5.50. The SMILES string of the molecule is CCN(CC)C(=O)CSc1nc2ccsc2c(=O)n1-c1cccc(Cl)c1. The first-order valence-electron chi connectivity index (χ1n) is 8.22. The Balaban J connectivity index is 2.04. The fourth-order valence-electron chi connectivity index (χ4n) is 2.63. The summed E-state index contributed by atoms with van der Waals surface area (Å²) >= 11 is 8.73. The molecule has 2 aromatic heterocycles. The van der Waals surface area contributed by atoms with Gasteiger partial charge in [-0.2, -0.15) is 0 Å². The number of aromatic nitrogens is 2. The Hall–Kier alpha value is -1.83. The van der Waals surface area contributed by atoms with E-state index >= 15 is 0 Å². The molecule has 3 aromatic rings. The van der Waals surface area contributed by atoms with E-state index in [0.29, 0.717) is 39.2 Å². The van der Waals surface area contributed by atoms with E-state index < -0.39 is 0 Å². The van der Waals surface area contributed by atoms with Gasteiger partial charge in [0.05, 0.1) is 17.0 Å². The fraction of sp³-hybridized carbons (Fsp3) is 0.278. The number of halogens is 1. The van der Waals surface area contributed by atoms with Gasteiger partial charge < -0.3 is 4.90 Å². The van der Waals surface area contributed by atoms with Gasteiger partial charge in [0.25, 0.3) is 5.56 Å². The molecular weight excluding hydrogens is 390 g/mol. The highest BCUT2D eigenvalue weighted by molar-refractivity contribution is 7.99. The third-order valence-corrected chi connectivity index (χ3v) is 6.01. The minimum atomic E-state index is -0.148. The quantitative estimate of drug-likeness (QED) is 0.456. The van der Waals surface area contributed by atoms with Crippen LogP contribution >= 0.6 is 34.7 Å². The largest absolute Gasteiger partial charge is 0.343 e. The lowest BCUT2D eigenvalue weighted by atomic mass is 10.3. The molecule has 0 saturated carbocycles. The van der Waals surface area contributed by atoms with E-state index in [1.165, 1.54) is 27.7 Å². The number of nitrogens with zero attached hydrogens (tertiary/aromatic N) is 3. The van der Waals surface area contributed by atoms with Crippen molar-refractivity contribution in [2.24, 2.45) is 0 Å². The van der Waals surface area contributed by atoms with E-state index in [-0.39, 0.29) is 17.2 Å². The molecule has 0 aliphatic rings. The van der Waals surface area contributed by atoms with Gasteiger partial charge in [0, 0.05) is 18.1 Å². The lowest BCUT2D eigenvalue weighted by Crippen LogP contribution is -2.32. The first-order valence-corrected chi connectivity index (χ1v) is 10.5. The highest BCUT2D eigenvalue weighted by Crippen LogP contribution is 2.25. The molecule has 0 aliphatic heterocycles. The molecule has 26 heavy (non-hydrogen) atoms. The smallest absolute Gasteiger partial charge is 0.276 e. The van der Waals surface area contributed by atoms with Crippen LogP contribution in [0.2, 0.25) is 5.02 Å². The summed E-state index contributed by atoms with van der Waals surface area (Å²) in [5.41, 5.74) is 1.14. The maximum Gasteiger partial charge on any atom is 0.276 e. The molecule has 0 N–H and O–H groups in total. The fourth-order valence-corrected chi connectivity index (χ4v) is 4.49. The number of carbonyl (C=O) groups is 1. The summed E-state index contributed by atoms with van der Waals surface area (Å²) in [5.74, 6) is 0.252. The lowest BCUT2D eigenvalue weighted by molar-refractivity contribution is -0.127. The Labute approximate surface area is 164 Å². The second kappa shape index (κ2) is 8.24. The number of thioether (sulfide) groups is 1. The van der Waals surface area contributed by atoms with Crippen molar-refractivity contribution >= 4 is 50.8 Å². The number of thiophene rings is 1. The van der Waals surface area contributed by atoms with Crippen molar-refractivity contribution in [3.63, 3.8) is 0 Å². The summed E-state index contributed by atoms with van der Waals surface area (Å²) in [6, 6.07) is 8.90. The highest BCUT2D eigenvalue weighted by atomic mass is 35.5. The van der Waals surface area contributed by atoms with Gasteiger partial charge in [0.15, 0.2) is 5.16 Å². The normalized spacial score (nSPS) is 11.0. The second-order valence-corrected chi connectivity index (χ2v) is 7.80. The minimum absolute atomic E-state index is 0.0253. The summed E-state index contributed by atoms with van der Waals surface area (Å²) in [4.78, 5) is 31.7. The third kappa shape index (κ3) is 3.79. The summed E-state index contributed by atoms with van der Waals surface area (Å²) < 4.78 is 2.12. The number of amides is 1. The van der Waals surface area contributed by atoms with Crippen LogP contribution < -0.4 is 5.56 Å². The summed E-state index contributed by atoms with van der Waals surface area (Å²) in [6.07, 6.45) is 0. The molecule has 0 saturated heterocycles. The molecule has 0 bridgehead atoms. The van der Waals surface area contributed by atoms with Gasteiger partial charge in [-0.05, 0) is 43.5 Å². The molecule has 0 unspecified atom stereocenters. The molecule has 5 nitrogen and oxygen atoms in total. The zero-order valence-electron chi connectivity index (χ0n) is 14.4. The molecule has 136 valence electrons. The van der Waals surface area contributed by atoms with Crippen LogP contribution in [-0.2, 0) is 4.79 Å². The Morgan fingerprint density at radius 2 is 2.08 bits per heavy atom. The van der Waals surface area contributed by atoms with Gasteiger partial charge in [-0.3, -0.25) is 14.2 Å². The number of rotatable bonds is 6. The third-order valence-electron chi connectivity index (χ3n) is 3.96. The maximum atomic E-state index is 13.0. The number of benzene rings is 1. The van der Waals surface area contributed by atoms with Crippen molar-refractivity contribution in [1.29, 1.82) is 0 Å². The van der Waals surface area contributed by atoms with Crippen LogP contribution in [0, 0.1) is 0 Å². The first-order chi connectivity index (χ1) is 12.5. The summed E-state index contributed by atoms with van der Waals surface area (Å²) in [7, 11) is 0. The van der Waals surface area contributed by atoms with Crippen molar-refractivity contribution < 1.29 is 4.79 Å². The average Bonchev–Trinajstić information content (AvgIpc) is 3.10. The Bertz CT molecular complexity index is 996. The molecule has 0 aliphatic carbocycles. The van der Waals surface area contributed by atoms with Gasteiger partial charge in [-0.15, -0.1) is 11.3 Å². The maximum absolute atomic E-state index is 13.0. The van der Waals surface area contributed by atoms with Crippen molar-refractivity contribution in [1.82, 2.24) is 14.5 Å². The van der Waals surface area contributed by atoms with E-state index in [1.807, 2.05) is 31.4 Å². The van der Waals surface area contributed by atoms with Gasteiger partial charge in [-0.1, -0.05) is 29.4 Å². The molecule has 3 rings (SSSR count). The van der Waals surface area contributed by atoms with E-state index in [9.17, 15) is 9.59 Å². The van der Waals surface area contributed by atoms with Gasteiger partial charge >= 0.3 is 0 Å². The molecule has 0 radical (unpaired) electrons. The van der Waals surface area contributed by atoms with Crippen LogP contribution in [0.1, 0.15) is 13.8 Å². The van der Waals surface area contributed by atoms with Gasteiger partial charge in [0.2, 0.25) is 5.91 Å². The molecule has 2 heterocycles. The molecule has 0 atom stereocenters. The molecular formula is C18H18ClN3O2S2. The van der Waals surface area contributed by atoms with E-state index in [4.69, 9.17) is 11.6 Å². The Morgan fingerprint density at radius 1 is 1.31 bits per heavy atom. The minimum Gasteiger partial charge on any atom is -0.343 e. The van der Waals surface area contributed by atoms with Crippen molar-refractivity contribution in [3.8, 4) is 5.69 Å². The van der Waals surface area contributed by atoms with E-state index in [1.54, 1.807) is 23.1 Å². The van der Waals surface area contributed by atoms with Crippen molar-refractivity contribution in [3.05, 3.63) is 51.1 Å². The molecule has 8 heteroatoms. The van der Waals surface area contributed by atoms with Crippen molar-refractivity contribution in [2.75, 3.05) is 18.8 Å². The van der Waals surface area contributed by atoms with Crippen molar-refractivity contribution in [2.45, 2.75) is 19.0 Å². The van der Waals surface area contributed by atoms with Crippen LogP contribution in [0.15, 0.2) is 45.7 Å².